The molecule has 1 aromatic heterocycles. The highest BCUT2D eigenvalue weighted by atomic mass is 79.9. The Morgan fingerprint density at radius 3 is 3.10 bits per heavy atom. The standard InChI is InChI=1S/C16H20BrN3O/c1-3-20-13(15(17)11(2)19-20)10-21-14-8-4-6-12-7-5-9-18-16(12)14/h4,6,8,18H,3,5,7,9-10H2,1-2H3. The van der Waals surface area contributed by atoms with Crippen molar-refractivity contribution in [2.24, 2.45) is 0 Å². The van der Waals surface area contributed by atoms with Crippen LogP contribution < -0.4 is 10.1 Å². The lowest BCUT2D eigenvalue weighted by Gasteiger charge is -2.21. The Labute approximate surface area is 133 Å². The van der Waals surface area contributed by atoms with Crippen LogP contribution in [0, 0.1) is 6.92 Å². The van der Waals surface area contributed by atoms with Crippen LogP contribution >= 0.6 is 15.9 Å². The number of ether oxygens (including phenoxy) is 1. The van der Waals surface area contributed by atoms with E-state index in [-0.39, 0.29) is 0 Å². The maximum atomic E-state index is 6.07. The van der Waals surface area contributed by atoms with E-state index >= 15 is 0 Å². The van der Waals surface area contributed by atoms with Crippen molar-refractivity contribution in [3.05, 3.63) is 39.6 Å². The number of aromatic nitrogens is 2. The highest BCUT2D eigenvalue weighted by molar-refractivity contribution is 9.10. The molecule has 0 bridgehead atoms. The second-order valence-corrected chi connectivity index (χ2v) is 6.06. The lowest BCUT2D eigenvalue weighted by atomic mass is 10.0. The molecule has 4 nitrogen and oxygen atoms in total. The average molecular weight is 350 g/mol. The second kappa shape index (κ2) is 6.10. The molecule has 1 aromatic carbocycles. The number of nitrogens with zero attached hydrogens (tertiary/aromatic N) is 2. The van der Waals surface area contributed by atoms with Crippen LogP contribution in [0.4, 0.5) is 5.69 Å². The van der Waals surface area contributed by atoms with Crippen LogP contribution in [-0.4, -0.2) is 16.3 Å². The van der Waals surface area contributed by atoms with Crippen molar-refractivity contribution in [2.75, 3.05) is 11.9 Å². The number of rotatable bonds is 4. The Bertz CT molecular complexity index is 651. The summed E-state index contributed by atoms with van der Waals surface area (Å²) in [5.41, 5.74) is 4.59. The van der Waals surface area contributed by atoms with Gasteiger partial charge in [-0.3, -0.25) is 4.68 Å². The summed E-state index contributed by atoms with van der Waals surface area (Å²) in [6.45, 7) is 6.48. The molecule has 1 aliphatic heterocycles. The predicted octanol–water partition coefficient (Wildman–Crippen LogP) is 3.91. The quantitative estimate of drug-likeness (QED) is 0.909. The molecule has 0 spiro atoms. The highest BCUT2D eigenvalue weighted by Gasteiger charge is 2.16. The van der Waals surface area contributed by atoms with E-state index in [1.807, 2.05) is 17.7 Å². The maximum Gasteiger partial charge on any atom is 0.143 e. The number of para-hydroxylation sites is 1. The predicted molar refractivity (Wildman–Crippen MR) is 87.9 cm³/mol. The van der Waals surface area contributed by atoms with Crippen LogP contribution in [0.2, 0.25) is 0 Å². The summed E-state index contributed by atoms with van der Waals surface area (Å²) < 4.78 is 9.11. The largest absolute Gasteiger partial charge is 0.485 e. The first-order valence-electron chi connectivity index (χ1n) is 7.41. The Hall–Kier alpha value is -1.49. The summed E-state index contributed by atoms with van der Waals surface area (Å²) in [6.07, 6.45) is 2.30. The van der Waals surface area contributed by atoms with E-state index in [0.29, 0.717) is 6.61 Å². The van der Waals surface area contributed by atoms with E-state index in [9.17, 15) is 0 Å². The number of halogens is 1. The minimum absolute atomic E-state index is 0.521. The fourth-order valence-corrected chi connectivity index (χ4v) is 3.15. The van der Waals surface area contributed by atoms with E-state index < -0.39 is 0 Å². The molecule has 0 atom stereocenters. The van der Waals surface area contributed by atoms with Crippen molar-refractivity contribution in [3.63, 3.8) is 0 Å². The Kier molecular flexibility index (Phi) is 4.19. The van der Waals surface area contributed by atoms with Gasteiger partial charge < -0.3 is 10.1 Å². The van der Waals surface area contributed by atoms with Crippen LogP contribution in [0.1, 0.15) is 30.3 Å². The number of hydrogen-bond donors (Lipinski definition) is 1. The number of hydrogen-bond acceptors (Lipinski definition) is 3. The third kappa shape index (κ3) is 2.79. The zero-order valence-corrected chi connectivity index (χ0v) is 14.0. The number of aryl methyl sites for hydroxylation is 3. The zero-order valence-electron chi connectivity index (χ0n) is 12.4. The molecular weight excluding hydrogens is 330 g/mol. The molecule has 0 fully saturated rings. The zero-order chi connectivity index (χ0) is 14.8. The van der Waals surface area contributed by atoms with E-state index in [2.05, 4.69) is 45.4 Å². The van der Waals surface area contributed by atoms with Gasteiger partial charge in [-0.05, 0) is 54.2 Å². The molecular formula is C16H20BrN3O. The van der Waals surface area contributed by atoms with Crippen LogP contribution in [0.25, 0.3) is 0 Å². The fraction of sp³-hybridized carbons (Fsp3) is 0.438. The molecule has 0 unspecified atom stereocenters. The normalized spacial score (nSPS) is 13.7. The Balaban J connectivity index is 1.83. The van der Waals surface area contributed by atoms with Gasteiger partial charge >= 0.3 is 0 Å². The molecule has 0 saturated heterocycles. The van der Waals surface area contributed by atoms with Gasteiger partial charge in [0.15, 0.2) is 0 Å². The third-order valence-corrected chi connectivity index (χ3v) is 4.89. The summed E-state index contributed by atoms with van der Waals surface area (Å²) in [4.78, 5) is 0. The molecule has 3 rings (SSSR count). The first kappa shape index (κ1) is 14.4. The molecule has 1 aliphatic rings. The Morgan fingerprint density at radius 2 is 2.29 bits per heavy atom. The van der Waals surface area contributed by atoms with Crippen molar-refractivity contribution in [2.45, 2.75) is 39.8 Å². The molecule has 2 aromatic rings. The number of nitrogens with one attached hydrogen (secondary N) is 1. The number of anilines is 1. The van der Waals surface area contributed by atoms with Gasteiger partial charge in [-0.25, -0.2) is 0 Å². The molecule has 21 heavy (non-hydrogen) atoms. The SMILES string of the molecule is CCn1nc(C)c(Br)c1COc1cccc2c1NCCC2. The smallest absolute Gasteiger partial charge is 0.143 e. The minimum atomic E-state index is 0.521. The second-order valence-electron chi connectivity index (χ2n) is 5.27. The van der Waals surface area contributed by atoms with Gasteiger partial charge in [-0.15, -0.1) is 0 Å². The first-order chi connectivity index (χ1) is 10.2. The van der Waals surface area contributed by atoms with Gasteiger partial charge in [0.1, 0.15) is 12.4 Å². The lowest BCUT2D eigenvalue weighted by molar-refractivity contribution is 0.292. The van der Waals surface area contributed by atoms with E-state index in [0.717, 1.165) is 46.8 Å². The van der Waals surface area contributed by atoms with Crippen LogP contribution in [0.15, 0.2) is 22.7 Å². The summed E-state index contributed by atoms with van der Waals surface area (Å²) >= 11 is 3.61. The molecule has 2 heterocycles. The topological polar surface area (TPSA) is 39.1 Å². The summed E-state index contributed by atoms with van der Waals surface area (Å²) in [7, 11) is 0. The van der Waals surface area contributed by atoms with Crippen LogP contribution in [0.5, 0.6) is 5.75 Å². The molecule has 0 aliphatic carbocycles. The van der Waals surface area contributed by atoms with Gasteiger partial charge in [-0.1, -0.05) is 12.1 Å². The van der Waals surface area contributed by atoms with Gasteiger partial charge in [-0.2, -0.15) is 5.10 Å². The van der Waals surface area contributed by atoms with E-state index in [1.54, 1.807) is 0 Å². The summed E-state index contributed by atoms with van der Waals surface area (Å²) in [6, 6.07) is 6.27. The first-order valence-corrected chi connectivity index (χ1v) is 8.20. The van der Waals surface area contributed by atoms with Gasteiger partial charge in [0.25, 0.3) is 0 Å². The minimum Gasteiger partial charge on any atom is -0.485 e. The van der Waals surface area contributed by atoms with E-state index in [1.165, 1.54) is 12.0 Å². The lowest BCUT2D eigenvalue weighted by Crippen LogP contribution is -2.13. The number of fused-ring (bicyclic) bond motifs is 1. The van der Waals surface area contributed by atoms with Crippen molar-refractivity contribution >= 4 is 21.6 Å². The molecule has 1 N–H and O–H groups in total. The molecule has 5 heteroatoms. The van der Waals surface area contributed by atoms with Crippen LogP contribution in [-0.2, 0) is 19.6 Å². The molecule has 0 saturated carbocycles. The highest BCUT2D eigenvalue weighted by Crippen LogP contribution is 2.33. The van der Waals surface area contributed by atoms with Crippen molar-refractivity contribution in [3.8, 4) is 5.75 Å². The van der Waals surface area contributed by atoms with Gasteiger partial charge in [0.05, 0.1) is 21.5 Å². The summed E-state index contributed by atoms with van der Waals surface area (Å²) in [5.74, 6) is 0.931. The van der Waals surface area contributed by atoms with Crippen LogP contribution in [0.3, 0.4) is 0 Å². The van der Waals surface area contributed by atoms with E-state index in [4.69, 9.17) is 4.74 Å². The van der Waals surface area contributed by atoms with Crippen molar-refractivity contribution in [1.29, 1.82) is 0 Å². The van der Waals surface area contributed by atoms with Gasteiger partial charge in [0, 0.05) is 13.1 Å². The third-order valence-electron chi connectivity index (χ3n) is 3.85. The van der Waals surface area contributed by atoms with Gasteiger partial charge in [0.2, 0.25) is 0 Å². The Morgan fingerprint density at radius 1 is 1.43 bits per heavy atom. The fourth-order valence-electron chi connectivity index (χ4n) is 2.75. The molecule has 0 radical (unpaired) electrons. The number of benzene rings is 1. The monoisotopic (exact) mass is 349 g/mol. The maximum absolute atomic E-state index is 6.07. The summed E-state index contributed by atoms with van der Waals surface area (Å²) in [5, 5.41) is 7.96. The molecule has 0 amide bonds. The average Bonchev–Trinajstić information content (AvgIpc) is 2.80. The molecule has 112 valence electrons. The van der Waals surface area contributed by atoms with Crippen molar-refractivity contribution < 1.29 is 4.74 Å². The van der Waals surface area contributed by atoms with Crippen molar-refractivity contribution in [1.82, 2.24) is 9.78 Å².